The number of imidazole rings is 1. The molecule has 0 aromatic carbocycles. The van der Waals surface area contributed by atoms with Crippen molar-refractivity contribution in [3.63, 3.8) is 0 Å². The van der Waals surface area contributed by atoms with Crippen molar-refractivity contribution in [1.29, 1.82) is 0 Å². The fourth-order valence-corrected chi connectivity index (χ4v) is 2.32. The van der Waals surface area contributed by atoms with E-state index in [0.717, 1.165) is 24.6 Å². The summed E-state index contributed by atoms with van der Waals surface area (Å²) in [6.45, 7) is 5.88. The maximum Gasteiger partial charge on any atom is 0.103 e. The van der Waals surface area contributed by atoms with Gasteiger partial charge in [-0.15, -0.1) is 0 Å². The summed E-state index contributed by atoms with van der Waals surface area (Å²) in [7, 11) is 0. The van der Waals surface area contributed by atoms with Crippen LogP contribution in [0.25, 0.3) is 0 Å². The average Bonchev–Trinajstić information content (AvgIpc) is 2.77. The molecule has 0 saturated carbocycles. The predicted octanol–water partition coefficient (Wildman–Crippen LogP) is 2.38. The molecule has 0 saturated heterocycles. The van der Waals surface area contributed by atoms with E-state index in [-0.39, 0.29) is 0 Å². The second-order valence-electron chi connectivity index (χ2n) is 3.68. The molecule has 0 unspecified atom stereocenters. The Kier molecular flexibility index (Phi) is 3.18. The predicted molar refractivity (Wildman–Crippen MR) is 62.9 cm³/mol. The van der Waals surface area contributed by atoms with Crippen LogP contribution < -0.4 is 5.32 Å². The van der Waals surface area contributed by atoms with Crippen LogP contribution in [0, 0.1) is 13.8 Å². The van der Waals surface area contributed by atoms with Crippen molar-refractivity contribution in [2.45, 2.75) is 26.9 Å². The zero-order chi connectivity index (χ0) is 10.7. The third-order valence-electron chi connectivity index (χ3n) is 2.35. The molecular formula is C11H15N3S. The molecule has 80 valence electrons. The molecule has 0 amide bonds. The molecule has 0 radical (unpaired) electrons. The molecule has 0 bridgehead atoms. The summed E-state index contributed by atoms with van der Waals surface area (Å²) >= 11 is 1.76. The van der Waals surface area contributed by atoms with Crippen LogP contribution in [0.2, 0.25) is 0 Å². The van der Waals surface area contributed by atoms with E-state index in [2.05, 4.69) is 33.0 Å². The summed E-state index contributed by atoms with van der Waals surface area (Å²) in [6, 6.07) is 0. The van der Waals surface area contributed by atoms with Crippen molar-refractivity contribution in [2.75, 3.05) is 0 Å². The van der Waals surface area contributed by atoms with Crippen molar-refractivity contribution in [1.82, 2.24) is 15.3 Å². The van der Waals surface area contributed by atoms with E-state index in [0.29, 0.717) is 0 Å². The van der Waals surface area contributed by atoms with Gasteiger partial charge in [0.05, 0.1) is 0 Å². The number of H-pyrrole nitrogens is 1. The molecular weight excluding hydrogens is 206 g/mol. The van der Waals surface area contributed by atoms with Gasteiger partial charge in [0, 0.05) is 25.0 Å². The minimum absolute atomic E-state index is 0.843. The Bertz CT molecular complexity index is 430. The zero-order valence-electron chi connectivity index (χ0n) is 9.00. The number of nitrogens with zero attached hydrogens (tertiary/aromatic N) is 1. The molecule has 2 N–H and O–H groups in total. The number of aromatic amines is 1. The average molecular weight is 221 g/mol. The summed E-state index contributed by atoms with van der Waals surface area (Å²) in [5.74, 6) is 0.971. The van der Waals surface area contributed by atoms with Gasteiger partial charge >= 0.3 is 0 Å². The van der Waals surface area contributed by atoms with Crippen LogP contribution in [0.3, 0.4) is 0 Å². The zero-order valence-corrected chi connectivity index (χ0v) is 9.82. The van der Waals surface area contributed by atoms with Gasteiger partial charge in [-0.1, -0.05) is 0 Å². The number of aryl methyl sites for hydroxylation is 2. The second kappa shape index (κ2) is 4.59. The van der Waals surface area contributed by atoms with Crippen LogP contribution in [0.4, 0.5) is 0 Å². The lowest BCUT2D eigenvalue weighted by atomic mass is 10.2. The third-order valence-corrected chi connectivity index (χ3v) is 3.26. The summed E-state index contributed by atoms with van der Waals surface area (Å²) in [4.78, 5) is 7.36. The van der Waals surface area contributed by atoms with Crippen molar-refractivity contribution in [2.24, 2.45) is 0 Å². The maximum absolute atomic E-state index is 4.16. The van der Waals surface area contributed by atoms with E-state index in [1.165, 1.54) is 11.1 Å². The maximum atomic E-state index is 4.16. The van der Waals surface area contributed by atoms with Gasteiger partial charge in [0.2, 0.25) is 0 Å². The number of thiophene rings is 1. The molecule has 2 aromatic heterocycles. The van der Waals surface area contributed by atoms with E-state index in [1.807, 2.05) is 13.1 Å². The monoisotopic (exact) mass is 221 g/mol. The van der Waals surface area contributed by atoms with Gasteiger partial charge in [-0.25, -0.2) is 4.98 Å². The molecule has 3 nitrogen and oxygen atoms in total. The van der Waals surface area contributed by atoms with E-state index in [1.54, 1.807) is 11.3 Å². The van der Waals surface area contributed by atoms with Crippen molar-refractivity contribution in [3.8, 4) is 0 Å². The molecule has 2 heterocycles. The van der Waals surface area contributed by atoms with E-state index >= 15 is 0 Å². The fraction of sp³-hybridized carbons (Fsp3) is 0.364. The van der Waals surface area contributed by atoms with Gasteiger partial charge in [-0.3, -0.25) is 0 Å². The Hall–Kier alpha value is -1.13. The topological polar surface area (TPSA) is 40.7 Å². The van der Waals surface area contributed by atoms with Crippen molar-refractivity contribution < 1.29 is 0 Å². The van der Waals surface area contributed by atoms with Crippen molar-refractivity contribution in [3.05, 3.63) is 39.6 Å². The summed E-state index contributed by atoms with van der Waals surface area (Å²) < 4.78 is 0. The van der Waals surface area contributed by atoms with Gasteiger partial charge in [-0.2, -0.15) is 11.3 Å². The highest BCUT2D eigenvalue weighted by atomic mass is 32.1. The first kappa shape index (κ1) is 10.4. The first-order valence-corrected chi connectivity index (χ1v) is 5.93. The molecule has 0 spiro atoms. The molecule has 15 heavy (non-hydrogen) atoms. The Labute approximate surface area is 93.6 Å². The largest absolute Gasteiger partial charge is 0.345 e. The quantitative estimate of drug-likeness (QED) is 0.832. The lowest BCUT2D eigenvalue weighted by Gasteiger charge is -2.02. The van der Waals surface area contributed by atoms with Crippen LogP contribution >= 0.6 is 11.3 Å². The molecule has 0 aliphatic rings. The summed E-state index contributed by atoms with van der Waals surface area (Å²) in [5.41, 5.74) is 3.89. The Morgan fingerprint density at radius 2 is 2.20 bits per heavy atom. The Morgan fingerprint density at radius 1 is 1.33 bits per heavy atom. The van der Waals surface area contributed by atoms with Crippen LogP contribution in [0.5, 0.6) is 0 Å². The SMILES string of the molecule is Cc1ncc(CNCc2cscc2C)[nH]1. The van der Waals surface area contributed by atoms with Gasteiger partial charge in [0.25, 0.3) is 0 Å². The molecule has 2 rings (SSSR count). The van der Waals surface area contributed by atoms with Gasteiger partial charge < -0.3 is 10.3 Å². The minimum atomic E-state index is 0.843. The summed E-state index contributed by atoms with van der Waals surface area (Å²) in [5, 5.41) is 7.77. The standard InChI is InChI=1S/C11H15N3S/c1-8-6-15-7-10(8)3-12-4-11-5-13-9(2)14-11/h5-7,12H,3-4H2,1-2H3,(H,13,14). The highest BCUT2D eigenvalue weighted by Crippen LogP contribution is 2.13. The number of hydrogen-bond acceptors (Lipinski definition) is 3. The van der Waals surface area contributed by atoms with E-state index in [4.69, 9.17) is 0 Å². The van der Waals surface area contributed by atoms with Crippen LogP contribution in [-0.2, 0) is 13.1 Å². The first-order chi connectivity index (χ1) is 7.25. The smallest absolute Gasteiger partial charge is 0.103 e. The van der Waals surface area contributed by atoms with Gasteiger partial charge in [0.1, 0.15) is 5.82 Å². The number of nitrogens with one attached hydrogen (secondary N) is 2. The van der Waals surface area contributed by atoms with Gasteiger partial charge in [-0.05, 0) is 35.7 Å². The highest BCUT2D eigenvalue weighted by Gasteiger charge is 1.99. The Balaban J connectivity index is 1.83. The molecule has 2 aromatic rings. The van der Waals surface area contributed by atoms with Crippen LogP contribution in [0.1, 0.15) is 22.6 Å². The molecule has 4 heteroatoms. The van der Waals surface area contributed by atoms with Crippen LogP contribution in [-0.4, -0.2) is 9.97 Å². The molecule has 0 aliphatic carbocycles. The minimum Gasteiger partial charge on any atom is -0.345 e. The van der Waals surface area contributed by atoms with E-state index in [9.17, 15) is 0 Å². The van der Waals surface area contributed by atoms with Gasteiger partial charge in [0.15, 0.2) is 0 Å². The number of rotatable bonds is 4. The lowest BCUT2D eigenvalue weighted by Crippen LogP contribution is -2.12. The highest BCUT2D eigenvalue weighted by molar-refractivity contribution is 7.08. The molecule has 0 atom stereocenters. The first-order valence-electron chi connectivity index (χ1n) is 4.98. The number of aromatic nitrogens is 2. The van der Waals surface area contributed by atoms with E-state index < -0.39 is 0 Å². The lowest BCUT2D eigenvalue weighted by molar-refractivity contribution is 0.681. The van der Waals surface area contributed by atoms with Crippen LogP contribution in [0.15, 0.2) is 17.0 Å². The normalized spacial score (nSPS) is 10.8. The number of hydrogen-bond donors (Lipinski definition) is 2. The molecule has 0 fully saturated rings. The second-order valence-corrected chi connectivity index (χ2v) is 4.42. The third kappa shape index (κ3) is 2.67. The van der Waals surface area contributed by atoms with Crippen molar-refractivity contribution >= 4 is 11.3 Å². The fourth-order valence-electron chi connectivity index (χ4n) is 1.46. The molecule has 0 aliphatic heterocycles. The summed E-state index contributed by atoms with van der Waals surface area (Å²) in [6.07, 6.45) is 1.88. The Morgan fingerprint density at radius 3 is 2.80 bits per heavy atom.